The summed E-state index contributed by atoms with van der Waals surface area (Å²) in [6.45, 7) is 5.69. The maximum absolute atomic E-state index is 14.1. The van der Waals surface area contributed by atoms with Gasteiger partial charge in [0.15, 0.2) is 11.2 Å². The molecule has 40 heavy (non-hydrogen) atoms. The summed E-state index contributed by atoms with van der Waals surface area (Å²) in [5.41, 5.74) is 3.85. The molecule has 1 amide bonds. The van der Waals surface area contributed by atoms with Crippen molar-refractivity contribution in [1.82, 2.24) is 25.3 Å². The lowest BCUT2D eigenvalue weighted by Gasteiger charge is -2.17. The van der Waals surface area contributed by atoms with E-state index in [0.717, 1.165) is 0 Å². The number of esters is 1. The number of para-hydroxylation sites is 4. The number of fused-ring (bicyclic) bond motifs is 2. The van der Waals surface area contributed by atoms with Crippen molar-refractivity contribution in [2.75, 3.05) is 7.11 Å². The Morgan fingerprint density at radius 3 is 2.10 bits per heavy atom. The Labute approximate surface area is 226 Å². The lowest BCUT2D eigenvalue weighted by Crippen LogP contribution is -2.43. The van der Waals surface area contributed by atoms with Crippen molar-refractivity contribution in [2.45, 2.75) is 12.5 Å². The SMILES string of the molecule is C#[N+]c1cc(-c2nc3ccccc3o2)c(C(=O)N[C@H](Cc2cnc[nH]2)C(=O)OC)c(-c2nc3ccccc3o2)c1. The normalized spacial score (nSPS) is 11.8. The van der Waals surface area contributed by atoms with Crippen molar-refractivity contribution < 1.29 is 23.2 Å². The smallest absolute Gasteiger partial charge is 0.341 e. The van der Waals surface area contributed by atoms with Gasteiger partial charge >= 0.3 is 11.7 Å². The van der Waals surface area contributed by atoms with E-state index in [0.29, 0.717) is 33.6 Å². The highest BCUT2D eigenvalue weighted by atomic mass is 16.5. The average molecular weight is 534 g/mol. The first kappa shape index (κ1) is 24.6. The van der Waals surface area contributed by atoms with Crippen molar-refractivity contribution in [3.05, 3.63) is 89.3 Å². The second-order valence-electron chi connectivity index (χ2n) is 8.85. The molecule has 1 atom stereocenters. The van der Waals surface area contributed by atoms with E-state index in [4.69, 9.17) is 20.1 Å². The number of rotatable bonds is 7. The summed E-state index contributed by atoms with van der Waals surface area (Å²) in [4.78, 5) is 46.7. The molecule has 11 heteroatoms. The highest BCUT2D eigenvalue weighted by molar-refractivity contribution is 6.08. The number of aromatic nitrogens is 4. The minimum Gasteiger partial charge on any atom is -0.467 e. The summed E-state index contributed by atoms with van der Waals surface area (Å²) in [5, 5.41) is 2.79. The number of ether oxygens (including phenoxy) is 1. The number of imidazole rings is 1. The Morgan fingerprint density at radius 2 is 1.60 bits per heavy atom. The maximum Gasteiger partial charge on any atom is 0.341 e. The van der Waals surface area contributed by atoms with Gasteiger partial charge in [0.05, 0.1) is 30.1 Å². The number of nitrogens with zero attached hydrogens (tertiary/aromatic N) is 4. The first-order chi connectivity index (χ1) is 19.5. The molecule has 0 aliphatic carbocycles. The van der Waals surface area contributed by atoms with Crippen LogP contribution >= 0.6 is 0 Å². The van der Waals surface area contributed by atoms with Crippen LogP contribution in [0.25, 0.3) is 50.0 Å². The van der Waals surface area contributed by atoms with Crippen LogP contribution in [0.2, 0.25) is 0 Å². The molecule has 2 N–H and O–H groups in total. The van der Waals surface area contributed by atoms with E-state index in [1.165, 1.54) is 13.4 Å². The van der Waals surface area contributed by atoms with Crippen LogP contribution in [0.3, 0.4) is 0 Å². The number of hydrogen-bond donors (Lipinski definition) is 2. The number of carbonyl (C=O) groups excluding carboxylic acids is 2. The zero-order valence-electron chi connectivity index (χ0n) is 21.1. The van der Waals surface area contributed by atoms with Gasteiger partial charge in [0.25, 0.3) is 12.5 Å². The molecule has 11 nitrogen and oxygen atoms in total. The van der Waals surface area contributed by atoms with Crippen LogP contribution in [0.1, 0.15) is 16.1 Å². The van der Waals surface area contributed by atoms with E-state index < -0.39 is 17.9 Å². The van der Waals surface area contributed by atoms with Gasteiger partial charge in [0.1, 0.15) is 17.1 Å². The molecule has 0 aliphatic rings. The molecule has 0 fully saturated rings. The summed E-state index contributed by atoms with van der Waals surface area (Å²) in [5.74, 6) is -0.953. The Balaban J connectivity index is 1.54. The minimum atomic E-state index is -1.04. The average Bonchev–Trinajstić information content (AvgIpc) is 3.75. The Hall–Kier alpha value is -5.76. The molecule has 3 heterocycles. The molecule has 0 unspecified atom stereocenters. The topological polar surface area (TPSA) is 140 Å². The second-order valence-corrected chi connectivity index (χ2v) is 8.85. The van der Waals surface area contributed by atoms with Crippen LogP contribution in [0.15, 0.2) is 82.0 Å². The first-order valence-electron chi connectivity index (χ1n) is 12.2. The van der Waals surface area contributed by atoms with Gasteiger partial charge in [0, 0.05) is 30.4 Å². The molecule has 0 radical (unpaired) electrons. The lowest BCUT2D eigenvalue weighted by molar-refractivity contribution is -0.142. The summed E-state index contributed by atoms with van der Waals surface area (Å²) < 4.78 is 17.0. The van der Waals surface area contributed by atoms with Crippen LogP contribution in [-0.2, 0) is 16.0 Å². The van der Waals surface area contributed by atoms with Crippen molar-refractivity contribution in [2.24, 2.45) is 0 Å². The summed E-state index contributed by atoms with van der Waals surface area (Å²) >= 11 is 0. The summed E-state index contributed by atoms with van der Waals surface area (Å²) in [6, 6.07) is 16.5. The number of H-pyrrole nitrogens is 1. The van der Waals surface area contributed by atoms with E-state index in [-0.39, 0.29) is 34.9 Å². The third-order valence-electron chi connectivity index (χ3n) is 6.32. The molecule has 196 valence electrons. The highest BCUT2D eigenvalue weighted by Crippen LogP contribution is 2.38. The zero-order chi connectivity index (χ0) is 27.6. The number of benzene rings is 3. The zero-order valence-corrected chi connectivity index (χ0v) is 21.1. The van der Waals surface area contributed by atoms with Gasteiger partial charge < -0.3 is 23.9 Å². The van der Waals surface area contributed by atoms with Crippen molar-refractivity contribution in [1.29, 1.82) is 0 Å². The maximum atomic E-state index is 14.1. The Kier molecular flexibility index (Phi) is 6.26. The van der Waals surface area contributed by atoms with Gasteiger partial charge in [-0.3, -0.25) is 4.79 Å². The molecule has 6 rings (SSSR count). The molecule has 0 bridgehead atoms. The molecule has 6 aromatic rings. The van der Waals surface area contributed by atoms with Crippen LogP contribution in [0.5, 0.6) is 0 Å². The predicted octanol–water partition coefficient (Wildman–Crippen LogP) is 5.13. The fourth-order valence-corrected chi connectivity index (χ4v) is 4.44. The molecule has 3 aromatic heterocycles. The number of aromatic amines is 1. The third-order valence-corrected chi connectivity index (χ3v) is 6.32. The van der Waals surface area contributed by atoms with Crippen molar-refractivity contribution in [3.8, 4) is 29.5 Å². The fourth-order valence-electron chi connectivity index (χ4n) is 4.44. The van der Waals surface area contributed by atoms with Gasteiger partial charge in [0.2, 0.25) is 11.8 Å². The number of nitrogens with one attached hydrogen (secondary N) is 2. The number of carbonyl (C=O) groups is 2. The van der Waals surface area contributed by atoms with Gasteiger partial charge in [-0.2, -0.15) is 0 Å². The quantitative estimate of drug-likeness (QED) is 0.269. The Bertz CT molecular complexity index is 1750. The van der Waals surface area contributed by atoms with Gasteiger partial charge in [-0.15, -0.1) is 0 Å². The first-order valence-corrected chi connectivity index (χ1v) is 12.2. The monoisotopic (exact) mass is 533 g/mol. The number of hydrogen-bond acceptors (Lipinski definition) is 8. The Morgan fingerprint density at radius 1 is 1.00 bits per heavy atom. The minimum absolute atomic E-state index is 0.101. The largest absolute Gasteiger partial charge is 0.467 e. The molecular weight excluding hydrogens is 512 g/mol. The fraction of sp³-hybridized carbons (Fsp3) is 0.103. The third kappa shape index (κ3) is 4.54. The van der Waals surface area contributed by atoms with E-state index in [2.05, 4.69) is 30.1 Å². The van der Waals surface area contributed by atoms with Crippen LogP contribution in [-0.4, -0.2) is 45.0 Å². The van der Waals surface area contributed by atoms with Gasteiger partial charge in [-0.25, -0.2) is 19.7 Å². The summed E-state index contributed by atoms with van der Waals surface area (Å²) in [7, 11) is 1.25. The van der Waals surface area contributed by atoms with Gasteiger partial charge in [-0.05, 0) is 29.1 Å². The van der Waals surface area contributed by atoms with Crippen molar-refractivity contribution in [3.63, 3.8) is 0 Å². The van der Waals surface area contributed by atoms with E-state index in [1.54, 1.807) is 42.6 Å². The molecule has 0 saturated heterocycles. The van der Waals surface area contributed by atoms with E-state index >= 15 is 0 Å². The molecular formula is C29H21N6O5+. The molecule has 0 aliphatic heterocycles. The van der Waals surface area contributed by atoms with Crippen LogP contribution in [0.4, 0.5) is 5.69 Å². The van der Waals surface area contributed by atoms with Gasteiger partial charge in [-0.1, -0.05) is 24.3 Å². The number of oxazole rings is 2. The van der Waals surface area contributed by atoms with Crippen LogP contribution in [0, 0.1) is 6.57 Å². The molecule has 3 aromatic carbocycles. The van der Waals surface area contributed by atoms with E-state index in [9.17, 15) is 9.59 Å². The molecule has 0 saturated carbocycles. The van der Waals surface area contributed by atoms with E-state index in [1.807, 2.05) is 24.3 Å². The van der Waals surface area contributed by atoms with Crippen molar-refractivity contribution >= 4 is 39.8 Å². The second kappa shape index (κ2) is 10.2. The molecule has 0 spiro atoms. The standard InChI is InChI=1S/C29H20N6O5/c1-30-16-11-18(27-34-20-7-3-5-9-23(20)39-27)25(19(12-16)28-35-21-8-4-6-10-24(21)40-28)26(36)33-22(29(37)38-2)13-17-14-31-15-32-17/h1,3-12,14-15,22H,13H2,2H3,(H-,31,32,33,36)/p+1/t22-/m1/s1. The highest BCUT2D eigenvalue weighted by Gasteiger charge is 2.31. The van der Waals surface area contributed by atoms with Crippen LogP contribution < -0.4 is 5.32 Å². The lowest BCUT2D eigenvalue weighted by atomic mass is 9.97. The predicted molar refractivity (Wildman–Crippen MR) is 146 cm³/mol. The number of amides is 1. The summed E-state index contributed by atoms with van der Waals surface area (Å²) in [6.07, 6.45) is 3.16. The number of methoxy groups -OCH3 is 1.